The fourth-order valence-electron chi connectivity index (χ4n) is 2.54. The largest absolute Gasteiger partial charge is 0.451 e. The van der Waals surface area contributed by atoms with Gasteiger partial charge in [0, 0.05) is 32.5 Å². The summed E-state index contributed by atoms with van der Waals surface area (Å²) in [6.07, 6.45) is 3.45. The van der Waals surface area contributed by atoms with Crippen LogP contribution in [-0.2, 0) is 0 Å². The maximum Gasteiger partial charge on any atom is 0.307 e. The van der Waals surface area contributed by atoms with E-state index < -0.39 is 5.91 Å². The number of hydrogen-bond acceptors (Lipinski definition) is 3. The molecule has 0 radical (unpaired) electrons. The van der Waals surface area contributed by atoms with Crippen molar-refractivity contribution in [3.63, 3.8) is 0 Å². The predicted molar refractivity (Wildman–Crippen MR) is 97.3 cm³/mol. The number of rotatable bonds is 3. The number of aromatic nitrogens is 1. The van der Waals surface area contributed by atoms with E-state index in [0.717, 1.165) is 26.3 Å². The SMILES string of the molecule is O=C(N/N=C\c1c[nH]c2ccccc12)c1cc2cc(Br)ccc2o1. The topological polar surface area (TPSA) is 70.4 Å². The maximum atomic E-state index is 12.2. The van der Waals surface area contributed by atoms with Gasteiger partial charge in [-0.1, -0.05) is 34.1 Å². The van der Waals surface area contributed by atoms with E-state index in [1.807, 2.05) is 48.7 Å². The zero-order valence-corrected chi connectivity index (χ0v) is 14.0. The van der Waals surface area contributed by atoms with Gasteiger partial charge in [0.1, 0.15) is 5.58 Å². The van der Waals surface area contributed by atoms with Gasteiger partial charge in [-0.2, -0.15) is 5.10 Å². The van der Waals surface area contributed by atoms with Crippen molar-refractivity contribution in [1.29, 1.82) is 0 Å². The summed E-state index contributed by atoms with van der Waals surface area (Å²) in [5.41, 5.74) is 5.07. The number of amides is 1. The van der Waals surface area contributed by atoms with Crippen molar-refractivity contribution < 1.29 is 9.21 Å². The lowest BCUT2D eigenvalue weighted by Gasteiger charge is -1.95. The highest BCUT2D eigenvalue weighted by Gasteiger charge is 2.11. The van der Waals surface area contributed by atoms with Gasteiger partial charge in [-0.05, 0) is 30.3 Å². The van der Waals surface area contributed by atoms with Crippen molar-refractivity contribution in [1.82, 2.24) is 10.4 Å². The second kappa shape index (κ2) is 5.98. The molecule has 2 aromatic carbocycles. The number of halogens is 1. The first-order valence-electron chi connectivity index (χ1n) is 7.29. The zero-order valence-electron chi connectivity index (χ0n) is 12.4. The van der Waals surface area contributed by atoms with Crippen LogP contribution in [-0.4, -0.2) is 17.1 Å². The number of benzene rings is 2. The quantitative estimate of drug-likeness (QED) is 0.406. The minimum atomic E-state index is -0.390. The smallest absolute Gasteiger partial charge is 0.307 e. The molecule has 2 aromatic heterocycles. The van der Waals surface area contributed by atoms with Crippen LogP contribution in [0.1, 0.15) is 16.1 Å². The molecule has 2 N–H and O–H groups in total. The van der Waals surface area contributed by atoms with Crippen LogP contribution in [0.25, 0.3) is 21.9 Å². The molecule has 24 heavy (non-hydrogen) atoms. The molecule has 6 heteroatoms. The third-order valence-corrected chi connectivity index (χ3v) is 4.19. The number of aromatic amines is 1. The summed E-state index contributed by atoms with van der Waals surface area (Å²) in [5, 5.41) is 5.92. The lowest BCUT2D eigenvalue weighted by Crippen LogP contribution is -2.16. The molecule has 0 aliphatic carbocycles. The van der Waals surface area contributed by atoms with Crippen LogP contribution in [0.2, 0.25) is 0 Å². The summed E-state index contributed by atoms with van der Waals surface area (Å²) < 4.78 is 6.46. The van der Waals surface area contributed by atoms with E-state index >= 15 is 0 Å². The second-order valence-corrected chi connectivity index (χ2v) is 6.20. The van der Waals surface area contributed by atoms with Crippen molar-refractivity contribution in [2.75, 3.05) is 0 Å². The Kier molecular flexibility index (Phi) is 3.66. The van der Waals surface area contributed by atoms with Gasteiger partial charge in [0.2, 0.25) is 0 Å². The third kappa shape index (κ3) is 2.72. The first-order chi connectivity index (χ1) is 11.7. The van der Waals surface area contributed by atoms with Crippen LogP contribution < -0.4 is 5.43 Å². The lowest BCUT2D eigenvalue weighted by molar-refractivity contribution is 0.0929. The molecule has 0 saturated carbocycles. The van der Waals surface area contributed by atoms with Crippen molar-refractivity contribution in [3.8, 4) is 0 Å². The molecular formula is C18H12BrN3O2. The lowest BCUT2D eigenvalue weighted by atomic mass is 10.2. The Morgan fingerprint density at radius 3 is 3.00 bits per heavy atom. The van der Waals surface area contributed by atoms with Crippen LogP contribution in [0.4, 0.5) is 0 Å². The molecule has 1 amide bonds. The molecule has 4 rings (SSSR count). The molecule has 0 spiro atoms. The van der Waals surface area contributed by atoms with Crippen molar-refractivity contribution in [2.45, 2.75) is 0 Å². The fourth-order valence-corrected chi connectivity index (χ4v) is 2.92. The van der Waals surface area contributed by atoms with Gasteiger partial charge in [0.25, 0.3) is 0 Å². The molecule has 5 nitrogen and oxygen atoms in total. The summed E-state index contributed by atoms with van der Waals surface area (Å²) in [6.45, 7) is 0. The van der Waals surface area contributed by atoms with Crippen LogP contribution in [0.5, 0.6) is 0 Å². The average Bonchev–Trinajstić information content (AvgIpc) is 3.18. The zero-order chi connectivity index (χ0) is 16.5. The Labute approximate surface area is 145 Å². The number of H-pyrrole nitrogens is 1. The highest BCUT2D eigenvalue weighted by Crippen LogP contribution is 2.23. The van der Waals surface area contributed by atoms with Crippen LogP contribution >= 0.6 is 15.9 Å². The molecule has 0 unspecified atom stereocenters. The summed E-state index contributed by atoms with van der Waals surface area (Å²) in [7, 11) is 0. The number of hydrazone groups is 1. The Morgan fingerprint density at radius 1 is 1.21 bits per heavy atom. The van der Waals surface area contributed by atoms with E-state index in [-0.39, 0.29) is 5.76 Å². The van der Waals surface area contributed by atoms with Gasteiger partial charge in [0.15, 0.2) is 5.76 Å². The molecule has 0 bridgehead atoms. The number of carbonyl (C=O) groups excluding carboxylic acids is 1. The first kappa shape index (κ1) is 14.7. The van der Waals surface area contributed by atoms with Gasteiger partial charge in [0.05, 0.1) is 6.21 Å². The van der Waals surface area contributed by atoms with Gasteiger partial charge in [-0.25, -0.2) is 5.43 Å². The molecule has 118 valence electrons. The van der Waals surface area contributed by atoms with Crippen LogP contribution in [0.3, 0.4) is 0 Å². The fraction of sp³-hybridized carbons (Fsp3) is 0. The van der Waals surface area contributed by atoms with Crippen molar-refractivity contribution in [2.24, 2.45) is 5.10 Å². The number of para-hydroxylation sites is 1. The van der Waals surface area contributed by atoms with E-state index in [2.05, 4.69) is 31.4 Å². The van der Waals surface area contributed by atoms with E-state index in [0.29, 0.717) is 5.58 Å². The van der Waals surface area contributed by atoms with E-state index in [4.69, 9.17) is 4.42 Å². The minimum absolute atomic E-state index is 0.221. The standard InChI is InChI=1S/C18H12BrN3O2/c19-13-5-6-16-11(7-13)8-17(24-16)18(23)22-21-10-12-9-20-15-4-2-1-3-14(12)15/h1-10,20H,(H,22,23)/b21-10-. The molecule has 2 heterocycles. The van der Waals surface area contributed by atoms with Gasteiger partial charge in [-0.15, -0.1) is 0 Å². The first-order valence-corrected chi connectivity index (χ1v) is 8.08. The maximum absolute atomic E-state index is 12.2. The van der Waals surface area contributed by atoms with Crippen LogP contribution in [0.15, 0.2) is 68.7 Å². The highest BCUT2D eigenvalue weighted by molar-refractivity contribution is 9.10. The summed E-state index contributed by atoms with van der Waals surface area (Å²) >= 11 is 3.39. The average molecular weight is 382 g/mol. The number of furan rings is 1. The van der Waals surface area contributed by atoms with E-state index in [1.54, 1.807) is 12.3 Å². The molecule has 0 fully saturated rings. The van der Waals surface area contributed by atoms with Crippen molar-refractivity contribution in [3.05, 3.63) is 70.5 Å². The Bertz CT molecular complexity index is 1080. The predicted octanol–water partition coefficient (Wildman–Crippen LogP) is 4.44. The highest BCUT2D eigenvalue weighted by atomic mass is 79.9. The Morgan fingerprint density at radius 2 is 2.08 bits per heavy atom. The number of fused-ring (bicyclic) bond motifs is 2. The molecule has 0 aliphatic rings. The normalized spacial score (nSPS) is 11.5. The number of nitrogens with zero attached hydrogens (tertiary/aromatic N) is 1. The number of nitrogens with one attached hydrogen (secondary N) is 2. The van der Waals surface area contributed by atoms with Gasteiger partial charge >= 0.3 is 5.91 Å². The molecular weight excluding hydrogens is 370 g/mol. The van der Waals surface area contributed by atoms with Gasteiger partial charge < -0.3 is 9.40 Å². The molecule has 0 saturated heterocycles. The molecule has 0 aliphatic heterocycles. The summed E-state index contributed by atoms with van der Waals surface area (Å²) in [4.78, 5) is 15.3. The summed E-state index contributed by atoms with van der Waals surface area (Å²) in [6, 6.07) is 15.2. The van der Waals surface area contributed by atoms with E-state index in [9.17, 15) is 4.79 Å². The minimum Gasteiger partial charge on any atom is -0.451 e. The molecule has 4 aromatic rings. The summed E-state index contributed by atoms with van der Waals surface area (Å²) in [5.74, 6) is -0.169. The van der Waals surface area contributed by atoms with E-state index in [1.165, 1.54) is 0 Å². The monoisotopic (exact) mass is 381 g/mol. The second-order valence-electron chi connectivity index (χ2n) is 5.28. The van der Waals surface area contributed by atoms with Crippen LogP contribution in [0, 0.1) is 0 Å². The number of hydrogen-bond donors (Lipinski definition) is 2. The third-order valence-electron chi connectivity index (χ3n) is 3.69. The number of carbonyl (C=O) groups is 1. The Balaban J connectivity index is 1.53. The Hall–Kier alpha value is -2.86. The van der Waals surface area contributed by atoms with Gasteiger partial charge in [-0.3, -0.25) is 4.79 Å². The van der Waals surface area contributed by atoms with Crippen molar-refractivity contribution >= 4 is 49.9 Å². The molecule has 0 atom stereocenters.